The number of hydrogen-bond acceptors (Lipinski definition) is 5. The van der Waals surface area contributed by atoms with Crippen LogP contribution in [0.4, 0.5) is 10.5 Å². The van der Waals surface area contributed by atoms with Crippen LogP contribution in [0.3, 0.4) is 0 Å². The summed E-state index contributed by atoms with van der Waals surface area (Å²) in [5.41, 5.74) is 0.845. The van der Waals surface area contributed by atoms with Crippen LogP contribution in [0.15, 0.2) is 35.7 Å². The Morgan fingerprint density at radius 2 is 2.14 bits per heavy atom. The summed E-state index contributed by atoms with van der Waals surface area (Å²) in [7, 11) is 0. The number of ether oxygens (including phenoxy) is 2. The lowest BCUT2D eigenvalue weighted by Crippen LogP contribution is -2.39. The molecule has 3 rings (SSSR count). The van der Waals surface area contributed by atoms with Gasteiger partial charge in [-0.25, -0.2) is 4.79 Å². The van der Waals surface area contributed by atoms with E-state index in [2.05, 4.69) is 23.6 Å². The third-order valence-electron chi connectivity index (χ3n) is 5.41. The Hall–Kier alpha value is -2.54. The molecule has 0 saturated carbocycles. The summed E-state index contributed by atoms with van der Waals surface area (Å²) < 4.78 is 11.4. The van der Waals surface area contributed by atoms with Gasteiger partial charge < -0.3 is 20.1 Å². The highest BCUT2D eigenvalue weighted by Crippen LogP contribution is 2.35. The van der Waals surface area contributed by atoms with E-state index in [4.69, 9.17) is 9.47 Å². The van der Waals surface area contributed by atoms with E-state index in [0.717, 1.165) is 5.56 Å². The lowest BCUT2D eigenvalue weighted by molar-refractivity contribution is -0.122. The number of carbonyl (C=O) groups excluding carboxylic acids is 2. The summed E-state index contributed by atoms with van der Waals surface area (Å²) >= 11 is 1.66. The number of benzene rings is 1. The van der Waals surface area contributed by atoms with Crippen LogP contribution in [-0.4, -0.2) is 23.7 Å². The van der Waals surface area contributed by atoms with Crippen molar-refractivity contribution >= 4 is 29.0 Å². The van der Waals surface area contributed by atoms with E-state index in [0.29, 0.717) is 17.9 Å². The smallest absolute Gasteiger partial charge is 0.408 e. The van der Waals surface area contributed by atoms with Crippen LogP contribution >= 0.6 is 11.3 Å². The number of amides is 2. The molecule has 2 aromatic rings. The van der Waals surface area contributed by atoms with Gasteiger partial charge in [-0.1, -0.05) is 26.0 Å². The summed E-state index contributed by atoms with van der Waals surface area (Å²) in [6, 6.07) is 9.37. The summed E-state index contributed by atoms with van der Waals surface area (Å²) in [4.78, 5) is 25.7. The normalized spacial score (nSPS) is 18.1. The Balaban J connectivity index is 1.69. The van der Waals surface area contributed by atoms with Crippen LogP contribution in [0.25, 0.3) is 0 Å². The van der Waals surface area contributed by atoms with E-state index in [1.165, 1.54) is 4.88 Å². The molecule has 7 heteroatoms. The number of hydrogen-bond donors (Lipinski definition) is 2. The zero-order chi connectivity index (χ0) is 21.2. The first kappa shape index (κ1) is 21.2. The Morgan fingerprint density at radius 1 is 1.38 bits per heavy atom. The summed E-state index contributed by atoms with van der Waals surface area (Å²) in [5, 5.41) is 7.82. The second kappa shape index (κ2) is 8.45. The number of rotatable bonds is 6. The van der Waals surface area contributed by atoms with Gasteiger partial charge in [-0.3, -0.25) is 4.79 Å². The SMILES string of the molecule is CCC(NC(=O)OC(C)(C)C(C)c1cccs1)c1ccc2c(c1)NC(=O)C(C)O2. The van der Waals surface area contributed by atoms with Crippen molar-refractivity contribution in [3.8, 4) is 5.75 Å². The molecular formula is C22H28N2O4S. The molecule has 0 radical (unpaired) electrons. The van der Waals surface area contributed by atoms with Gasteiger partial charge in [0.25, 0.3) is 5.91 Å². The molecule has 156 valence electrons. The fourth-order valence-electron chi connectivity index (χ4n) is 3.24. The van der Waals surface area contributed by atoms with Crippen molar-refractivity contribution in [1.82, 2.24) is 5.32 Å². The van der Waals surface area contributed by atoms with E-state index >= 15 is 0 Å². The fourth-order valence-corrected chi connectivity index (χ4v) is 4.20. The van der Waals surface area contributed by atoms with Gasteiger partial charge in [-0.05, 0) is 56.3 Å². The van der Waals surface area contributed by atoms with Crippen molar-refractivity contribution in [2.24, 2.45) is 0 Å². The van der Waals surface area contributed by atoms with Crippen LogP contribution in [0, 0.1) is 0 Å². The molecule has 0 aliphatic carbocycles. The van der Waals surface area contributed by atoms with Crippen molar-refractivity contribution in [1.29, 1.82) is 0 Å². The molecule has 0 fully saturated rings. The minimum Gasteiger partial charge on any atom is -0.479 e. The van der Waals surface area contributed by atoms with Crippen molar-refractivity contribution < 1.29 is 19.1 Å². The highest BCUT2D eigenvalue weighted by atomic mass is 32.1. The topological polar surface area (TPSA) is 76.7 Å². The first-order valence-electron chi connectivity index (χ1n) is 9.85. The van der Waals surface area contributed by atoms with Gasteiger partial charge in [0.15, 0.2) is 6.10 Å². The monoisotopic (exact) mass is 416 g/mol. The Kier molecular flexibility index (Phi) is 6.17. The van der Waals surface area contributed by atoms with Crippen LogP contribution in [0.5, 0.6) is 5.75 Å². The Labute approximate surface area is 175 Å². The fraction of sp³-hybridized carbons (Fsp3) is 0.455. The van der Waals surface area contributed by atoms with Crippen molar-refractivity contribution in [2.45, 2.75) is 64.7 Å². The van der Waals surface area contributed by atoms with E-state index < -0.39 is 17.8 Å². The van der Waals surface area contributed by atoms with Crippen LogP contribution in [0.2, 0.25) is 0 Å². The first-order valence-corrected chi connectivity index (χ1v) is 10.7. The number of fused-ring (bicyclic) bond motifs is 1. The third kappa shape index (κ3) is 4.72. The molecule has 3 unspecified atom stereocenters. The van der Waals surface area contributed by atoms with E-state index in [1.807, 2.05) is 50.4 Å². The summed E-state index contributed by atoms with van der Waals surface area (Å²) in [6.45, 7) is 9.60. The van der Waals surface area contributed by atoms with Gasteiger partial charge in [0.1, 0.15) is 11.4 Å². The average molecular weight is 417 g/mol. The Morgan fingerprint density at radius 3 is 2.79 bits per heavy atom. The summed E-state index contributed by atoms with van der Waals surface area (Å²) in [5.74, 6) is 0.523. The lowest BCUT2D eigenvalue weighted by atomic mass is 9.91. The van der Waals surface area contributed by atoms with Gasteiger partial charge in [-0.15, -0.1) is 11.3 Å². The molecule has 1 aliphatic rings. The molecule has 2 amide bonds. The second-order valence-corrected chi connectivity index (χ2v) is 8.82. The molecular weight excluding hydrogens is 388 g/mol. The van der Waals surface area contributed by atoms with Crippen LogP contribution in [-0.2, 0) is 9.53 Å². The minimum atomic E-state index is -0.652. The lowest BCUT2D eigenvalue weighted by Gasteiger charge is -2.32. The molecule has 29 heavy (non-hydrogen) atoms. The number of thiophene rings is 1. The molecule has 0 spiro atoms. The molecule has 1 aromatic heterocycles. The molecule has 1 aliphatic heterocycles. The maximum absolute atomic E-state index is 12.6. The van der Waals surface area contributed by atoms with Crippen molar-refractivity contribution in [2.75, 3.05) is 5.32 Å². The maximum atomic E-state index is 12.6. The predicted octanol–water partition coefficient (Wildman–Crippen LogP) is 5.23. The molecule has 6 nitrogen and oxygen atoms in total. The number of alkyl carbamates (subject to hydrolysis) is 1. The molecule has 1 aromatic carbocycles. The number of anilines is 1. The molecule has 2 N–H and O–H groups in total. The highest BCUT2D eigenvalue weighted by Gasteiger charge is 2.33. The van der Waals surface area contributed by atoms with Gasteiger partial charge in [0.2, 0.25) is 0 Å². The van der Waals surface area contributed by atoms with Crippen LogP contribution < -0.4 is 15.4 Å². The van der Waals surface area contributed by atoms with E-state index in [9.17, 15) is 9.59 Å². The first-order chi connectivity index (χ1) is 13.7. The van der Waals surface area contributed by atoms with Crippen molar-refractivity contribution in [3.63, 3.8) is 0 Å². The van der Waals surface area contributed by atoms with Gasteiger partial charge in [-0.2, -0.15) is 0 Å². The molecule has 0 saturated heterocycles. The Bertz CT molecular complexity index is 879. The van der Waals surface area contributed by atoms with Gasteiger partial charge >= 0.3 is 6.09 Å². The molecule has 0 bridgehead atoms. The largest absolute Gasteiger partial charge is 0.479 e. The van der Waals surface area contributed by atoms with Crippen molar-refractivity contribution in [3.05, 3.63) is 46.2 Å². The van der Waals surface area contributed by atoms with E-state index in [-0.39, 0.29) is 17.9 Å². The number of carbonyl (C=O) groups is 2. The molecule has 2 heterocycles. The number of nitrogens with one attached hydrogen (secondary N) is 2. The summed E-state index contributed by atoms with van der Waals surface area (Å²) in [6.07, 6.45) is -0.298. The van der Waals surface area contributed by atoms with Crippen LogP contribution in [0.1, 0.15) is 63.4 Å². The minimum absolute atomic E-state index is 0.0754. The maximum Gasteiger partial charge on any atom is 0.408 e. The average Bonchev–Trinajstić information content (AvgIpc) is 3.20. The standard InChI is InChI=1S/C22H28N2O4S/c1-6-16(15-9-10-18-17(12-15)23-20(25)14(3)27-18)24-21(26)28-22(4,5)13(2)19-8-7-11-29-19/h7-14,16H,6H2,1-5H3,(H,23,25)(H,24,26). The molecule has 3 atom stereocenters. The second-order valence-electron chi connectivity index (χ2n) is 7.84. The zero-order valence-electron chi connectivity index (χ0n) is 17.4. The van der Waals surface area contributed by atoms with Gasteiger partial charge in [0.05, 0.1) is 11.7 Å². The third-order valence-corrected chi connectivity index (χ3v) is 6.46. The van der Waals surface area contributed by atoms with Gasteiger partial charge in [0, 0.05) is 10.8 Å². The predicted molar refractivity (Wildman–Crippen MR) is 115 cm³/mol. The van der Waals surface area contributed by atoms with E-state index in [1.54, 1.807) is 18.3 Å². The zero-order valence-corrected chi connectivity index (χ0v) is 18.3. The highest BCUT2D eigenvalue weighted by molar-refractivity contribution is 7.10. The quantitative estimate of drug-likeness (QED) is 0.676.